The molecule has 5 nitrogen and oxygen atoms in total. The maximum atomic E-state index is 12.7. The summed E-state index contributed by atoms with van der Waals surface area (Å²) in [5.74, 6) is -0.842. The molecule has 23 heavy (non-hydrogen) atoms. The van der Waals surface area contributed by atoms with Crippen molar-refractivity contribution in [2.24, 2.45) is 0 Å². The minimum absolute atomic E-state index is 0.0602. The van der Waals surface area contributed by atoms with Gasteiger partial charge in [0.2, 0.25) is 0 Å². The van der Waals surface area contributed by atoms with E-state index in [2.05, 4.69) is 0 Å². The highest BCUT2D eigenvalue weighted by molar-refractivity contribution is 5.76. The van der Waals surface area contributed by atoms with E-state index in [0.717, 1.165) is 16.6 Å². The number of aryl methyl sites for hydroxylation is 1. The topological polar surface area (TPSA) is 64.2 Å². The van der Waals surface area contributed by atoms with Crippen molar-refractivity contribution in [3.05, 3.63) is 70.6 Å². The molecule has 3 rings (SSSR count). The minimum Gasteiger partial charge on any atom is -0.481 e. The lowest BCUT2D eigenvalue weighted by Gasteiger charge is -2.03. The fraction of sp³-hybridized carbons (Fsp3) is 0.222. The van der Waals surface area contributed by atoms with Crippen LogP contribution in [0.25, 0.3) is 11.0 Å². The summed E-state index contributed by atoms with van der Waals surface area (Å²) >= 11 is 0. The Labute approximate surface area is 133 Å². The molecular formula is C18H18N2O3. The Balaban J connectivity index is 1.99. The van der Waals surface area contributed by atoms with Gasteiger partial charge >= 0.3 is 11.7 Å². The Bertz CT molecular complexity index is 878. The number of imidazole rings is 1. The largest absolute Gasteiger partial charge is 0.481 e. The number of aliphatic carboxylic acids is 1. The lowest BCUT2D eigenvalue weighted by atomic mass is 10.2. The highest BCUT2D eigenvalue weighted by Crippen LogP contribution is 2.15. The van der Waals surface area contributed by atoms with Gasteiger partial charge < -0.3 is 5.11 Å². The van der Waals surface area contributed by atoms with Crippen LogP contribution in [0.4, 0.5) is 0 Å². The predicted molar refractivity (Wildman–Crippen MR) is 88.6 cm³/mol. The number of carboxylic acids is 1. The van der Waals surface area contributed by atoms with Crippen molar-refractivity contribution in [1.82, 2.24) is 9.13 Å². The second-order valence-electron chi connectivity index (χ2n) is 5.49. The summed E-state index contributed by atoms with van der Waals surface area (Å²) in [4.78, 5) is 23.4. The molecule has 0 radical (unpaired) electrons. The summed E-state index contributed by atoms with van der Waals surface area (Å²) in [5.41, 5.74) is 2.68. The number of hydrogen-bond acceptors (Lipinski definition) is 2. The maximum Gasteiger partial charge on any atom is 0.329 e. The molecule has 0 atom stereocenters. The average Bonchev–Trinajstić information content (AvgIpc) is 2.81. The van der Waals surface area contributed by atoms with Crippen molar-refractivity contribution in [2.45, 2.75) is 25.9 Å². The third-order valence-electron chi connectivity index (χ3n) is 3.88. The van der Waals surface area contributed by atoms with Gasteiger partial charge in [-0.15, -0.1) is 0 Å². The SMILES string of the molecule is O=C(O)CCCn1c(=O)n(Cc2ccccc2)c2ccccc21. The van der Waals surface area contributed by atoms with Crippen LogP contribution in [0.5, 0.6) is 0 Å². The molecule has 0 unspecified atom stereocenters. The van der Waals surface area contributed by atoms with Gasteiger partial charge in [-0.05, 0) is 24.1 Å². The number of aromatic nitrogens is 2. The van der Waals surface area contributed by atoms with E-state index in [4.69, 9.17) is 5.11 Å². The molecule has 0 aliphatic carbocycles. The van der Waals surface area contributed by atoms with Crippen molar-refractivity contribution in [1.29, 1.82) is 0 Å². The standard InChI is InChI=1S/C18H18N2O3/c21-17(22)11-6-12-19-15-9-4-5-10-16(15)20(18(19)23)13-14-7-2-1-3-8-14/h1-5,7-10H,6,11-13H2,(H,21,22). The molecule has 1 heterocycles. The average molecular weight is 310 g/mol. The van der Waals surface area contributed by atoms with Crippen LogP contribution >= 0.6 is 0 Å². The fourth-order valence-corrected chi connectivity index (χ4v) is 2.80. The van der Waals surface area contributed by atoms with Crippen LogP contribution in [-0.4, -0.2) is 20.2 Å². The third-order valence-corrected chi connectivity index (χ3v) is 3.88. The third kappa shape index (κ3) is 3.18. The van der Waals surface area contributed by atoms with Gasteiger partial charge in [0.15, 0.2) is 0 Å². The summed E-state index contributed by atoms with van der Waals surface area (Å²) < 4.78 is 3.41. The lowest BCUT2D eigenvalue weighted by Crippen LogP contribution is -2.25. The van der Waals surface area contributed by atoms with E-state index in [1.54, 1.807) is 9.13 Å². The fourth-order valence-electron chi connectivity index (χ4n) is 2.80. The van der Waals surface area contributed by atoms with Crippen LogP contribution in [0.2, 0.25) is 0 Å². The molecule has 0 aliphatic heterocycles. The van der Waals surface area contributed by atoms with Gasteiger partial charge in [0, 0.05) is 13.0 Å². The normalized spacial score (nSPS) is 11.0. The zero-order chi connectivity index (χ0) is 16.2. The molecule has 0 spiro atoms. The highest BCUT2D eigenvalue weighted by Gasteiger charge is 2.13. The highest BCUT2D eigenvalue weighted by atomic mass is 16.4. The zero-order valence-corrected chi connectivity index (χ0v) is 12.7. The Kier molecular flexibility index (Phi) is 4.28. The molecule has 118 valence electrons. The van der Waals surface area contributed by atoms with E-state index in [-0.39, 0.29) is 12.1 Å². The van der Waals surface area contributed by atoms with E-state index < -0.39 is 5.97 Å². The molecule has 5 heteroatoms. The van der Waals surface area contributed by atoms with Gasteiger partial charge in [0.1, 0.15) is 0 Å². The van der Waals surface area contributed by atoms with Crippen molar-refractivity contribution in [3.8, 4) is 0 Å². The summed E-state index contributed by atoms with van der Waals surface area (Å²) in [7, 11) is 0. The first-order valence-electron chi connectivity index (χ1n) is 7.60. The molecule has 3 aromatic rings. The van der Waals surface area contributed by atoms with Crippen LogP contribution in [0.1, 0.15) is 18.4 Å². The smallest absolute Gasteiger partial charge is 0.329 e. The van der Waals surface area contributed by atoms with Gasteiger partial charge in [-0.1, -0.05) is 42.5 Å². The molecular weight excluding hydrogens is 292 g/mol. The first-order valence-corrected chi connectivity index (χ1v) is 7.60. The minimum atomic E-state index is -0.842. The van der Waals surface area contributed by atoms with Crippen LogP contribution in [-0.2, 0) is 17.9 Å². The van der Waals surface area contributed by atoms with Crippen molar-refractivity contribution >= 4 is 17.0 Å². The molecule has 0 saturated heterocycles. The Morgan fingerprint density at radius 1 is 0.913 bits per heavy atom. The second kappa shape index (κ2) is 6.52. The summed E-state index contributed by atoms with van der Waals surface area (Å²) in [6.45, 7) is 0.916. The Morgan fingerprint density at radius 3 is 2.17 bits per heavy atom. The summed E-state index contributed by atoms with van der Waals surface area (Å²) in [6.07, 6.45) is 0.499. The van der Waals surface area contributed by atoms with Crippen molar-refractivity contribution < 1.29 is 9.90 Å². The number of carboxylic acid groups (broad SMARTS) is 1. The van der Waals surface area contributed by atoms with Gasteiger partial charge in [-0.25, -0.2) is 4.79 Å². The first kappa shape index (κ1) is 15.1. The van der Waals surface area contributed by atoms with E-state index in [0.29, 0.717) is 19.5 Å². The molecule has 1 aromatic heterocycles. The molecule has 0 saturated carbocycles. The second-order valence-corrected chi connectivity index (χ2v) is 5.49. The van der Waals surface area contributed by atoms with Gasteiger partial charge in [0.25, 0.3) is 0 Å². The quantitative estimate of drug-likeness (QED) is 0.761. The number of benzene rings is 2. The van der Waals surface area contributed by atoms with E-state index in [1.807, 2.05) is 54.6 Å². The number of carbonyl (C=O) groups is 1. The first-order chi connectivity index (χ1) is 11.2. The molecule has 0 fully saturated rings. The Morgan fingerprint density at radius 2 is 1.52 bits per heavy atom. The van der Waals surface area contributed by atoms with Crippen molar-refractivity contribution in [2.75, 3.05) is 0 Å². The molecule has 0 amide bonds. The maximum absolute atomic E-state index is 12.7. The van der Waals surface area contributed by atoms with E-state index in [9.17, 15) is 9.59 Å². The number of fused-ring (bicyclic) bond motifs is 1. The van der Waals surface area contributed by atoms with Gasteiger partial charge in [-0.2, -0.15) is 0 Å². The summed E-state index contributed by atoms with van der Waals surface area (Å²) in [5, 5.41) is 8.78. The zero-order valence-electron chi connectivity index (χ0n) is 12.7. The lowest BCUT2D eigenvalue weighted by molar-refractivity contribution is -0.137. The molecule has 0 bridgehead atoms. The van der Waals surface area contributed by atoms with Crippen LogP contribution in [0, 0.1) is 0 Å². The number of para-hydroxylation sites is 2. The predicted octanol–water partition coefficient (Wildman–Crippen LogP) is 2.72. The monoisotopic (exact) mass is 310 g/mol. The van der Waals surface area contributed by atoms with E-state index in [1.165, 1.54) is 0 Å². The number of rotatable bonds is 6. The number of nitrogens with zero attached hydrogens (tertiary/aromatic N) is 2. The van der Waals surface area contributed by atoms with Crippen LogP contribution < -0.4 is 5.69 Å². The number of hydrogen-bond donors (Lipinski definition) is 1. The van der Waals surface area contributed by atoms with Crippen molar-refractivity contribution in [3.63, 3.8) is 0 Å². The van der Waals surface area contributed by atoms with Gasteiger partial charge in [-0.3, -0.25) is 13.9 Å². The van der Waals surface area contributed by atoms with Crippen LogP contribution in [0.3, 0.4) is 0 Å². The van der Waals surface area contributed by atoms with Crippen LogP contribution in [0.15, 0.2) is 59.4 Å². The molecule has 2 aromatic carbocycles. The Hall–Kier alpha value is -2.82. The molecule has 0 aliphatic rings. The summed E-state index contributed by atoms with van der Waals surface area (Å²) in [6, 6.07) is 17.5. The molecule has 1 N–H and O–H groups in total. The van der Waals surface area contributed by atoms with E-state index >= 15 is 0 Å². The van der Waals surface area contributed by atoms with Gasteiger partial charge in [0.05, 0.1) is 17.6 Å².